The molecule has 2 unspecified atom stereocenters. The van der Waals surface area contributed by atoms with Crippen molar-refractivity contribution < 1.29 is 21.6 Å². The van der Waals surface area contributed by atoms with E-state index < -0.39 is 32.8 Å². The van der Waals surface area contributed by atoms with Gasteiger partial charge in [-0.05, 0) is 73.9 Å². The van der Waals surface area contributed by atoms with Gasteiger partial charge < -0.3 is 10.6 Å². The van der Waals surface area contributed by atoms with E-state index >= 15 is 0 Å². The number of piperidine rings is 1. The highest BCUT2D eigenvalue weighted by atomic mass is 32.2. The Morgan fingerprint density at radius 2 is 1.57 bits per heavy atom. The van der Waals surface area contributed by atoms with Crippen LogP contribution >= 0.6 is 0 Å². The molecule has 2 aromatic carbocycles. The molecule has 2 heterocycles. The van der Waals surface area contributed by atoms with Gasteiger partial charge in [-0.2, -0.15) is 24.2 Å². The summed E-state index contributed by atoms with van der Waals surface area (Å²) in [5, 5.41) is 5.32. The Morgan fingerprint density at radius 3 is 2.11 bits per heavy atom. The molecule has 1 saturated carbocycles. The minimum Gasteiger partial charge on any atom is -0.328 e. The highest BCUT2D eigenvalue weighted by Crippen LogP contribution is 2.42. The van der Waals surface area contributed by atoms with E-state index in [0.29, 0.717) is 29.1 Å². The van der Waals surface area contributed by atoms with Gasteiger partial charge >= 0.3 is 6.18 Å². The zero-order chi connectivity index (χ0) is 26.4. The fourth-order valence-corrected chi connectivity index (χ4v) is 6.95. The van der Waals surface area contributed by atoms with Crippen LogP contribution in [0.2, 0.25) is 0 Å². The number of benzene rings is 2. The van der Waals surface area contributed by atoms with Crippen LogP contribution in [0.15, 0.2) is 41.3 Å². The SMILES string of the molecule is NC1CCC(N2CCC(c3ccc(-c4ccc(C(F)(F)F)c(S(N)(=O)=O)c4C4NNNN4)cc3)CC2)C1. The second-order valence-electron chi connectivity index (χ2n) is 10.1. The topological polar surface area (TPSA) is 138 Å². The van der Waals surface area contributed by atoms with Gasteiger partial charge in [0.25, 0.3) is 0 Å². The molecule has 0 aromatic heterocycles. The number of rotatable bonds is 5. The van der Waals surface area contributed by atoms with E-state index in [2.05, 4.69) is 26.8 Å². The van der Waals surface area contributed by atoms with E-state index in [1.54, 1.807) is 0 Å². The van der Waals surface area contributed by atoms with E-state index in [9.17, 15) is 21.6 Å². The van der Waals surface area contributed by atoms with Crippen molar-refractivity contribution in [2.24, 2.45) is 10.9 Å². The third-order valence-electron chi connectivity index (χ3n) is 7.75. The summed E-state index contributed by atoms with van der Waals surface area (Å²) in [5.41, 5.74) is 17.2. The molecule has 0 bridgehead atoms. The lowest BCUT2D eigenvalue weighted by molar-refractivity contribution is -0.140. The predicted octanol–water partition coefficient (Wildman–Crippen LogP) is 2.19. The normalized spacial score (nSPS) is 24.7. The molecule has 37 heavy (non-hydrogen) atoms. The van der Waals surface area contributed by atoms with E-state index in [0.717, 1.165) is 56.8 Å². The fraction of sp³-hybridized carbons (Fsp3) is 0.500. The Kier molecular flexibility index (Phi) is 7.33. The quantitative estimate of drug-likeness (QED) is 0.340. The number of primary sulfonamides is 1. The van der Waals surface area contributed by atoms with Gasteiger partial charge in [0.15, 0.2) is 0 Å². The maximum Gasteiger partial charge on any atom is 0.417 e. The summed E-state index contributed by atoms with van der Waals surface area (Å²) in [6.07, 6.45) is -0.533. The monoisotopic (exact) mass is 539 g/mol. The van der Waals surface area contributed by atoms with Crippen molar-refractivity contribution in [2.45, 2.75) is 67.3 Å². The molecule has 9 nitrogen and oxygen atoms in total. The zero-order valence-corrected chi connectivity index (χ0v) is 21.0. The lowest BCUT2D eigenvalue weighted by atomic mass is 9.87. The lowest BCUT2D eigenvalue weighted by Crippen LogP contribution is -2.40. The van der Waals surface area contributed by atoms with Gasteiger partial charge in [0.2, 0.25) is 10.0 Å². The average Bonchev–Trinajstić information content (AvgIpc) is 3.54. The summed E-state index contributed by atoms with van der Waals surface area (Å²) in [4.78, 5) is 1.58. The van der Waals surface area contributed by atoms with E-state index in [-0.39, 0.29) is 5.56 Å². The minimum absolute atomic E-state index is 0.120. The molecule has 0 spiro atoms. The zero-order valence-electron chi connectivity index (χ0n) is 20.2. The minimum atomic E-state index is -4.91. The van der Waals surface area contributed by atoms with Gasteiger partial charge in [0.05, 0.1) is 5.56 Å². The van der Waals surface area contributed by atoms with E-state index in [1.165, 1.54) is 6.07 Å². The number of alkyl halides is 3. The second kappa shape index (κ2) is 10.2. The number of nitrogens with one attached hydrogen (secondary N) is 4. The van der Waals surface area contributed by atoms with Gasteiger partial charge in [0, 0.05) is 17.6 Å². The Bertz CT molecular complexity index is 1230. The first-order valence-corrected chi connectivity index (χ1v) is 13.9. The van der Waals surface area contributed by atoms with Crippen LogP contribution in [0.5, 0.6) is 0 Å². The highest BCUT2D eigenvalue weighted by molar-refractivity contribution is 7.89. The van der Waals surface area contributed by atoms with E-state index in [1.807, 2.05) is 24.3 Å². The average molecular weight is 540 g/mol. The Morgan fingerprint density at radius 1 is 0.919 bits per heavy atom. The van der Waals surface area contributed by atoms with Gasteiger partial charge in [0.1, 0.15) is 11.1 Å². The molecule has 2 aromatic rings. The third-order valence-corrected chi connectivity index (χ3v) is 8.76. The van der Waals surface area contributed by atoms with Crippen LogP contribution in [0, 0.1) is 0 Å². The standard InChI is InChI=1S/C24H32F3N7O2S/c25-24(26,27)20-8-7-19(21(22(20)37(29,35)36)23-30-32-33-31-23)16-3-1-14(2-4-16)15-9-11-34(12-10-15)18-6-5-17(28)13-18/h1-4,7-8,15,17-18,23,30-33H,5-6,9-13,28H2,(H2,29,35,36). The van der Waals surface area contributed by atoms with Crippen molar-refractivity contribution >= 4 is 10.0 Å². The van der Waals surface area contributed by atoms with Crippen LogP contribution in [0.3, 0.4) is 0 Å². The highest BCUT2D eigenvalue weighted by Gasteiger charge is 2.40. The summed E-state index contributed by atoms with van der Waals surface area (Å²) in [6, 6.07) is 10.5. The van der Waals surface area contributed by atoms with Gasteiger partial charge in [-0.1, -0.05) is 30.3 Å². The predicted molar refractivity (Wildman–Crippen MR) is 133 cm³/mol. The number of nitrogens with two attached hydrogens (primary N) is 2. The van der Waals surface area contributed by atoms with Crippen LogP contribution in [0.25, 0.3) is 11.1 Å². The summed E-state index contributed by atoms with van der Waals surface area (Å²) in [6.45, 7) is 2.03. The molecule has 202 valence electrons. The molecule has 1 aliphatic carbocycles. The first kappa shape index (κ1) is 26.5. The first-order chi connectivity index (χ1) is 17.5. The van der Waals surface area contributed by atoms with Crippen molar-refractivity contribution in [3.05, 3.63) is 53.1 Å². The molecule has 2 atom stereocenters. The number of hydrogen-bond acceptors (Lipinski definition) is 8. The van der Waals surface area contributed by atoms with Crippen molar-refractivity contribution in [1.29, 1.82) is 0 Å². The molecule has 2 aliphatic heterocycles. The number of halogens is 3. The van der Waals surface area contributed by atoms with Crippen molar-refractivity contribution in [2.75, 3.05) is 13.1 Å². The van der Waals surface area contributed by atoms with Crippen molar-refractivity contribution in [1.82, 2.24) is 26.8 Å². The van der Waals surface area contributed by atoms with Crippen LogP contribution in [0.4, 0.5) is 13.2 Å². The Balaban J connectivity index is 1.43. The molecule has 3 aliphatic rings. The van der Waals surface area contributed by atoms with E-state index in [4.69, 9.17) is 10.9 Å². The maximum atomic E-state index is 13.8. The second-order valence-corrected chi connectivity index (χ2v) is 11.6. The number of nitrogens with zero attached hydrogens (tertiary/aromatic N) is 1. The third kappa shape index (κ3) is 5.54. The maximum absolute atomic E-state index is 13.8. The van der Waals surface area contributed by atoms with Gasteiger partial charge in [-0.15, -0.1) is 0 Å². The molecular formula is C24H32F3N7O2S. The summed E-state index contributed by atoms with van der Waals surface area (Å²) < 4.78 is 66.2. The van der Waals surface area contributed by atoms with Crippen molar-refractivity contribution in [3.63, 3.8) is 0 Å². The van der Waals surface area contributed by atoms with Crippen molar-refractivity contribution in [3.8, 4) is 11.1 Å². The number of likely N-dealkylation sites (tertiary alicyclic amines) is 1. The van der Waals surface area contributed by atoms with Crippen LogP contribution in [-0.2, 0) is 16.2 Å². The van der Waals surface area contributed by atoms with Crippen LogP contribution in [-0.4, -0.2) is 38.5 Å². The van der Waals surface area contributed by atoms with Crippen LogP contribution < -0.4 is 32.8 Å². The Hall–Kier alpha value is -2.10. The first-order valence-electron chi connectivity index (χ1n) is 12.4. The summed E-state index contributed by atoms with van der Waals surface area (Å²) >= 11 is 0. The van der Waals surface area contributed by atoms with Crippen LogP contribution in [0.1, 0.15) is 60.9 Å². The summed E-state index contributed by atoms with van der Waals surface area (Å²) in [5.74, 6) is 0.388. The number of hydrazine groups is 3. The largest absolute Gasteiger partial charge is 0.417 e. The fourth-order valence-electron chi connectivity index (χ4n) is 5.92. The molecule has 13 heteroatoms. The number of hydrogen-bond donors (Lipinski definition) is 6. The lowest BCUT2D eigenvalue weighted by Gasteiger charge is -2.36. The van der Waals surface area contributed by atoms with Gasteiger partial charge in [-0.25, -0.2) is 24.4 Å². The molecule has 3 fully saturated rings. The molecule has 0 amide bonds. The van der Waals surface area contributed by atoms with Gasteiger partial charge in [-0.3, -0.25) is 0 Å². The molecule has 0 radical (unpaired) electrons. The molecule has 8 N–H and O–H groups in total. The molecule has 2 saturated heterocycles. The molecular weight excluding hydrogens is 507 g/mol. The molecule has 5 rings (SSSR count). The number of sulfonamides is 1. The smallest absolute Gasteiger partial charge is 0.328 e. The summed E-state index contributed by atoms with van der Waals surface area (Å²) in [7, 11) is -4.72. The Labute approximate surface area is 214 Å².